The average molecular weight is 202 g/mol. The van der Waals surface area contributed by atoms with Crippen molar-refractivity contribution in [2.24, 2.45) is 12.8 Å². The molecule has 4 nitrogen and oxygen atoms in total. The van der Waals surface area contributed by atoms with E-state index in [-0.39, 0.29) is 6.04 Å². The second-order valence-electron chi connectivity index (χ2n) is 3.68. The van der Waals surface area contributed by atoms with Crippen molar-refractivity contribution in [1.29, 1.82) is 0 Å². The van der Waals surface area contributed by atoms with Gasteiger partial charge in [-0.2, -0.15) is 5.10 Å². The summed E-state index contributed by atoms with van der Waals surface area (Å²) in [5.41, 5.74) is 9.11. The molecule has 0 aromatic carbocycles. The fourth-order valence-corrected chi connectivity index (χ4v) is 1.50. The summed E-state index contributed by atoms with van der Waals surface area (Å²) < 4.78 is 1.74. The number of nitrogens with two attached hydrogens (primary N) is 1. The number of rotatable bonds is 2. The molecule has 15 heavy (non-hydrogen) atoms. The van der Waals surface area contributed by atoms with E-state index in [0.717, 1.165) is 11.3 Å². The van der Waals surface area contributed by atoms with Crippen LogP contribution in [0.3, 0.4) is 0 Å². The molecule has 0 aliphatic rings. The maximum atomic E-state index is 6.08. The summed E-state index contributed by atoms with van der Waals surface area (Å²) in [7, 11) is 1.87. The first kappa shape index (κ1) is 9.86. The van der Waals surface area contributed by atoms with E-state index in [2.05, 4.69) is 10.1 Å². The molecule has 0 aliphatic carbocycles. The summed E-state index contributed by atoms with van der Waals surface area (Å²) in [5.74, 6) is 0. The first-order chi connectivity index (χ1) is 7.16. The Hall–Kier alpha value is -1.68. The van der Waals surface area contributed by atoms with Crippen molar-refractivity contribution in [3.63, 3.8) is 0 Å². The summed E-state index contributed by atoms with van der Waals surface area (Å²) in [6.07, 6.45) is 5.46. The number of pyridine rings is 1. The zero-order chi connectivity index (χ0) is 10.8. The number of hydrogen-bond donors (Lipinski definition) is 1. The van der Waals surface area contributed by atoms with Crippen LogP contribution in [-0.4, -0.2) is 14.8 Å². The largest absolute Gasteiger partial charge is 0.319 e. The predicted molar refractivity (Wildman–Crippen MR) is 58.2 cm³/mol. The van der Waals surface area contributed by atoms with Gasteiger partial charge < -0.3 is 5.73 Å². The highest BCUT2D eigenvalue weighted by Crippen LogP contribution is 2.17. The summed E-state index contributed by atoms with van der Waals surface area (Å²) in [6, 6.07) is 3.76. The molecular weight excluding hydrogens is 188 g/mol. The average Bonchev–Trinajstić information content (AvgIpc) is 2.64. The molecular formula is C11H14N4. The highest BCUT2D eigenvalue weighted by Gasteiger charge is 2.11. The topological polar surface area (TPSA) is 56.7 Å². The van der Waals surface area contributed by atoms with Crippen LogP contribution in [0.4, 0.5) is 0 Å². The van der Waals surface area contributed by atoms with Crippen LogP contribution in [0, 0.1) is 6.92 Å². The molecule has 78 valence electrons. The lowest BCUT2D eigenvalue weighted by molar-refractivity contribution is 0.763. The predicted octanol–water partition coefficient (Wildman–Crippen LogP) is 1.17. The molecule has 0 saturated carbocycles. The third kappa shape index (κ3) is 2.05. The Bertz CT molecular complexity index is 461. The molecule has 4 heteroatoms. The van der Waals surface area contributed by atoms with Gasteiger partial charge in [0, 0.05) is 25.0 Å². The zero-order valence-corrected chi connectivity index (χ0v) is 8.88. The molecule has 2 aromatic heterocycles. The lowest BCUT2D eigenvalue weighted by Gasteiger charge is -2.08. The molecule has 2 aromatic rings. The summed E-state index contributed by atoms with van der Waals surface area (Å²) >= 11 is 0. The molecule has 2 heterocycles. The van der Waals surface area contributed by atoms with Gasteiger partial charge in [0.2, 0.25) is 0 Å². The summed E-state index contributed by atoms with van der Waals surface area (Å²) in [5, 5.41) is 4.09. The van der Waals surface area contributed by atoms with Crippen LogP contribution < -0.4 is 5.73 Å². The smallest absolute Gasteiger partial charge is 0.0757 e. The molecule has 1 atom stereocenters. The highest BCUT2D eigenvalue weighted by molar-refractivity contribution is 5.25. The van der Waals surface area contributed by atoms with Gasteiger partial charge in [0.1, 0.15) is 0 Å². The van der Waals surface area contributed by atoms with Gasteiger partial charge in [-0.25, -0.2) is 0 Å². The Morgan fingerprint density at radius 3 is 2.87 bits per heavy atom. The summed E-state index contributed by atoms with van der Waals surface area (Å²) in [6.45, 7) is 2.03. The van der Waals surface area contributed by atoms with E-state index >= 15 is 0 Å². The lowest BCUT2D eigenvalue weighted by atomic mass is 10.1. The number of aryl methyl sites for hydroxylation is 2. The lowest BCUT2D eigenvalue weighted by Crippen LogP contribution is -2.12. The quantitative estimate of drug-likeness (QED) is 0.795. The Labute approximate surface area is 88.8 Å². The van der Waals surface area contributed by atoms with Crippen molar-refractivity contribution < 1.29 is 0 Å². The first-order valence-corrected chi connectivity index (χ1v) is 4.83. The van der Waals surface area contributed by atoms with Crippen LogP contribution in [0.5, 0.6) is 0 Å². The Morgan fingerprint density at radius 2 is 2.27 bits per heavy atom. The van der Waals surface area contributed by atoms with E-state index in [1.807, 2.05) is 32.3 Å². The molecule has 2 rings (SSSR count). The minimum absolute atomic E-state index is 0.196. The molecule has 0 fully saturated rings. The molecule has 2 N–H and O–H groups in total. The minimum Gasteiger partial charge on any atom is -0.319 e. The van der Waals surface area contributed by atoms with Gasteiger partial charge in [-0.1, -0.05) is 0 Å². The molecule has 0 bridgehead atoms. The van der Waals surface area contributed by atoms with Gasteiger partial charge in [0.15, 0.2) is 0 Å². The third-order valence-corrected chi connectivity index (χ3v) is 2.34. The van der Waals surface area contributed by atoms with E-state index in [4.69, 9.17) is 5.73 Å². The van der Waals surface area contributed by atoms with Crippen LogP contribution in [-0.2, 0) is 7.05 Å². The van der Waals surface area contributed by atoms with E-state index in [0.29, 0.717) is 0 Å². The van der Waals surface area contributed by atoms with E-state index in [1.54, 1.807) is 17.1 Å². The van der Waals surface area contributed by atoms with Gasteiger partial charge in [-0.05, 0) is 24.6 Å². The number of aromatic nitrogens is 3. The van der Waals surface area contributed by atoms with Crippen LogP contribution in [0.25, 0.3) is 0 Å². The molecule has 0 aliphatic heterocycles. The summed E-state index contributed by atoms with van der Waals surface area (Å²) in [4.78, 5) is 4.26. The van der Waals surface area contributed by atoms with E-state index < -0.39 is 0 Å². The monoisotopic (exact) mass is 202 g/mol. The Kier molecular flexibility index (Phi) is 2.51. The SMILES string of the molecule is Cc1ccnc(C(N)c2cnn(C)c2)c1. The van der Waals surface area contributed by atoms with Crippen LogP contribution in [0.1, 0.15) is 22.9 Å². The van der Waals surface area contributed by atoms with Crippen LogP contribution >= 0.6 is 0 Å². The van der Waals surface area contributed by atoms with Gasteiger partial charge in [0.05, 0.1) is 17.9 Å². The van der Waals surface area contributed by atoms with Crippen molar-refractivity contribution in [1.82, 2.24) is 14.8 Å². The van der Waals surface area contributed by atoms with Gasteiger partial charge in [0.25, 0.3) is 0 Å². The third-order valence-electron chi connectivity index (χ3n) is 2.34. The normalized spacial score (nSPS) is 12.7. The first-order valence-electron chi connectivity index (χ1n) is 4.83. The Balaban J connectivity index is 2.32. The van der Waals surface area contributed by atoms with Crippen LogP contribution in [0.2, 0.25) is 0 Å². The van der Waals surface area contributed by atoms with Crippen molar-refractivity contribution >= 4 is 0 Å². The molecule has 0 spiro atoms. The zero-order valence-electron chi connectivity index (χ0n) is 8.88. The van der Waals surface area contributed by atoms with Crippen molar-refractivity contribution in [3.8, 4) is 0 Å². The number of hydrogen-bond acceptors (Lipinski definition) is 3. The maximum Gasteiger partial charge on any atom is 0.0757 e. The van der Waals surface area contributed by atoms with Crippen molar-refractivity contribution in [2.45, 2.75) is 13.0 Å². The highest BCUT2D eigenvalue weighted by atomic mass is 15.2. The Morgan fingerprint density at radius 1 is 1.47 bits per heavy atom. The standard InChI is InChI=1S/C11H14N4/c1-8-3-4-13-10(5-8)11(12)9-6-14-15(2)7-9/h3-7,11H,12H2,1-2H3. The van der Waals surface area contributed by atoms with Gasteiger partial charge in [-0.15, -0.1) is 0 Å². The molecule has 0 amide bonds. The van der Waals surface area contributed by atoms with Crippen LogP contribution in [0.15, 0.2) is 30.7 Å². The maximum absolute atomic E-state index is 6.08. The molecule has 0 radical (unpaired) electrons. The second-order valence-corrected chi connectivity index (χ2v) is 3.68. The number of nitrogens with zero attached hydrogens (tertiary/aromatic N) is 3. The fourth-order valence-electron chi connectivity index (χ4n) is 1.50. The van der Waals surface area contributed by atoms with Gasteiger partial charge in [-0.3, -0.25) is 9.67 Å². The molecule has 1 unspecified atom stereocenters. The van der Waals surface area contributed by atoms with Crippen molar-refractivity contribution in [2.75, 3.05) is 0 Å². The second kappa shape index (κ2) is 3.82. The van der Waals surface area contributed by atoms with Gasteiger partial charge >= 0.3 is 0 Å². The fraction of sp³-hybridized carbons (Fsp3) is 0.273. The molecule has 0 saturated heterocycles. The van der Waals surface area contributed by atoms with E-state index in [9.17, 15) is 0 Å². The van der Waals surface area contributed by atoms with E-state index in [1.165, 1.54) is 5.56 Å². The minimum atomic E-state index is -0.196. The van der Waals surface area contributed by atoms with Crippen molar-refractivity contribution in [3.05, 3.63) is 47.5 Å².